The highest BCUT2D eigenvalue weighted by molar-refractivity contribution is 7.86. The lowest BCUT2D eigenvalue weighted by molar-refractivity contribution is -0.106. The van der Waals surface area contributed by atoms with Gasteiger partial charge in [-0.3, -0.25) is 14.4 Å². The number of hydrogen-bond donors (Lipinski definition) is 1. The number of nitrogens with zero attached hydrogens (tertiary/aromatic N) is 2. The standard InChI is InChI=1S/C26H20ClF2N3O4S/c1-3-5-17-11-25(37(34)31-26-8-9-36-30-26)21(29)14-22(17)32(15-33)23-13-20(27)19(12-24(23)35-2)16-6-4-7-18(28)10-16/h3-15H,1-2H3,(H,30,31)/b5-3-. The van der Waals surface area contributed by atoms with Crippen LogP contribution in [0.5, 0.6) is 5.75 Å². The lowest BCUT2D eigenvalue weighted by atomic mass is 10.0. The third-order valence-electron chi connectivity index (χ3n) is 5.29. The molecule has 1 amide bonds. The predicted molar refractivity (Wildman–Crippen MR) is 139 cm³/mol. The van der Waals surface area contributed by atoms with E-state index in [1.54, 1.807) is 37.3 Å². The van der Waals surface area contributed by atoms with Gasteiger partial charge in [-0.25, -0.2) is 13.0 Å². The van der Waals surface area contributed by atoms with Gasteiger partial charge in [-0.05, 0) is 54.4 Å². The molecule has 1 unspecified atom stereocenters. The van der Waals surface area contributed by atoms with Crippen molar-refractivity contribution in [3.05, 3.63) is 89.2 Å². The maximum Gasteiger partial charge on any atom is 0.218 e. The molecule has 0 radical (unpaired) electrons. The Balaban J connectivity index is 1.80. The van der Waals surface area contributed by atoms with E-state index in [1.165, 1.54) is 43.7 Å². The molecular formula is C26H20ClF2N3O4S. The van der Waals surface area contributed by atoms with Crippen LogP contribution in [-0.4, -0.2) is 22.9 Å². The molecule has 37 heavy (non-hydrogen) atoms. The van der Waals surface area contributed by atoms with Gasteiger partial charge in [0.25, 0.3) is 0 Å². The Hall–Kier alpha value is -4.02. The lowest BCUT2D eigenvalue weighted by Gasteiger charge is -2.24. The van der Waals surface area contributed by atoms with E-state index >= 15 is 4.39 Å². The molecule has 0 aliphatic heterocycles. The third kappa shape index (κ3) is 5.55. The number of anilines is 3. The molecule has 0 saturated heterocycles. The van der Waals surface area contributed by atoms with E-state index in [2.05, 4.69) is 9.88 Å². The Labute approximate surface area is 218 Å². The van der Waals surface area contributed by atoms with Gasteiger partial charge in [0, 0.05) is 11.6 Å². The minimum Gasteiger partial charge on any atom is -0.495 e. The molecule has 11 heteroatoms. The zero-order valence-corrected chi connectivity index (χ0v) is 21.1. The van der Waals surface area contributed by atoms with Crippen LogP contribution < -0.4 is 14.4 Å². The zero-order valence-electron chi connectivity index (χ0n) is 19.6. The average Bonchev–Trinajstić information content (AvgIpc) is 3.39. The van der Waals surface area contributed by atoms with E-state index < -0.39 is 22.6 Å². The number of halogens is 3. The second-order valence-electron chi connectivity index (χ2n) is 7.59. The predicted octanol–water partition coefficient (Wildman–Crippen LogP) is 6.74. The number of carbonyl (C=O) groups is 1. The molecule has 1 N–H and O–H groups in total. The number of rotatable bonds is 9. The first-order valence-corrected chi connectivity index (χ1v) is 12.3. The Bertz CT molecular complexity index is 1500. The average molecular weight is 544 g/mol. The number of carbonyl (C=O) groups excluding carboxylic acids is 1. The van der Waals surface area contributed by atoms with E-state index in [1.807, 2.05) is 0 Å². The van der Waals surface area contributed by atoms with E-state index in [0.717, 1.165) is 11.0 Å². The van der Waals surface area contributed by atoms with Crippen molar-refractivity contribution < 1.29 is 27.0 Å². The largest absolute Gasteiger partial charge is 0.495 e. The molecule has 1 heterocycles. The second-order valence-corrected chi connectivity index (χ2v) is 9.18. The van der Waals surface area contributed by atoms with Crippen LogP contribution in [0.1, 0.15) is 12.5 Å². The topological polar surface area (TPSA) is 84.7 Å². The number of benzene rings is 3. The van der Waals surface area contributed by atoms with Gasteiger partial charge in [0.05, 0.1) is 28.4 Å². The number of nitrogens with one attached hydrogen (secondary N) is 1. The summed E-state index contributed by atoms with van der Waals surface area (Å²) in [6, 6.07) is 12.8. The van der Waals surface area contributed by atoms with Crippen LogP contribution in [0.15, 0.2) is 76.4 Å². The molecule has 1 atom stereocenters. The van der Waals surface area contributed by atoms with Crippen LogP contribution >= 0.6 is 11.6 Å². The molecule has 0 aliphatic carbocycles. The molecule has 4 rings (SSSR count). The Kier molecular flexibility index (Phi) is 8.00. The summed E-state index contributed by atoms with van der Waals surface area (Å²) in [6.07, 6.45) is 5.10. The summed E-state index contributed by atoms with van der Waals surface area (Å²) in [6.45, 7) is 1.74. The molecule has 0 bridgehead atoms. The van der Waals surface area contributed by atoms with Gasteiger partial charge in [-0.15, -0.1) is 0 Å². The van der Waals surface area contributed by atoms with Crippen molar-refractivity contribution in [3.63, 3.8) is 0 Å². The van der Waals surface area contributed by atoms with Crippen molar-refractivity contribution in [2.75, 3.05) is 16.7 Å². The van der Waals surface area contributed by atoms with Gasteiger partial charge in [0.15, 0.2) is 16.8 Å². The number of hydrogen-bond acceptors (Lipinski definition) is 5. The first-order valence-electron chi connectivity index (χ1n) is 10.8. The van der Waals surface area contributed by atoms with Gasteiger partial charge < -0.3 is 9.26 Å². The van der Waals surface area contributed by atoms with Gasteiger partial charge in [-0.1, -0.05) is 41.0 Å². The van der Waals surface area contributed by atoms with Crippen molar-refractivity contribution in [2.45, 2.75) is 11.8 Å². The molecule has 0 saturated carbocycles. The van der Waals surface area contributed by atoms with Crippen LogP contribution in [0.25, 0.3) is 17.2 Å². The highest BCUT2D eigenvalue weighted by Gasteiger charge is 2.23. The fourth-order valence-electron chi connectivity index (χ4n) is 3.65. The van der Waals surface area contributed by atoms with Crippen LogP contribution in [0.2, 0.25) is 5.02 Å². The molecule has 4 aromatic rings. The fraction of sp³-hybridized carbons (Fsp3) is 0.0769. The molecule has 0 spiro atoms. The van der Waals surface area contributed by atoms with Crippen molar-refractivity contribution in [1.29, 1.82) is 0 Å². The summed E-state index contributed by atoms with van der Waals surface area (Å²) in [7, 11) is -0.604. The minimum absolute atomic E-state index is 0.153. The minimum atomic E-state index is -2.01. The fourth-order valence-corrected chi connectivity index (χ4v) is 4.79. The summed E-state index contributed by atoms with van der Waals surface area (Å²) >= 11 is 6.53. The first-order chi connectivity index (χ1) is 17.9. The van der Waals surface area contributed by atoms with Gasteiger partial charge in [0.1, 0.15) is 23.6 Å². The van der Waals surface area contributed by atoms with E-state index in [-0.39, 0.29) is 32.9 Å². The van der Waals surface area contributed by atoms with Crippen molar-refractivity contribution in [1.82, 2.24) is 5.16 Å². The Morgan fingerprint density at radius 2 is 1.95 bits per heavy atom. The Morgan fingerprint density at radius 1 is 1.14 bits per heavy atom. The maximum atomic E-state index is 15.2. The summed E-state index contributed by atoms with van der Waals surface area (Å²) < 4.78 is 54.5. The highest BCUT2D eigenvalue weighted by atomic mass is 35.5. The smallest absolute Gasteiger partial charge is 0.218 e. The number of methoxy groups -OCH3 is 1. The second kappa shape index (κ2) is 11.4. The SMILES string of the molecule is C/C=C\c1cc(S(=O)Nc2ccon2)c(F)cc1N(C=O)c1cc(Cl)c(-c2cccc(F)c2)cc1OC. The highest BCUT2D eigenvalue weighted by Crippen LogP contribution is 2.42. The van der Waals surface area contributed by atoms with Crippen molar-refractivity contribution in [3.8, 4) is 16.9 Å². The van der Waals surface area contributed by atoms with Crippen LogP contribution in [0.4, 0.5) is 26.0 Å². The van der Waals surface area contributed by atoms with Crippen LogP contribution in [0.3, 0.4) is 0 Å². The maximum absolute atomic E-state index is 15.2. The summed E-state index contributed by atoms with van der Waals surface area (Å²) in [5, 5.41) is 3.83. The molecular weight excluding hydrogens is 524 g/mol. The quantitative estimate of drug-likeness (QED) is 0.236. The van der Waals surface area contributed by atoms with Gasteiger partial charge >= 0.3 is 0 Å². The summed E-state index contributed by atoms with van der Waals surface area (Å²) in [5.41, 5.74) is 1.77. The number of amides is 1. The molecule has 0 fully saturated rings. The van der Waals surface area contributed by atoms with E-state index in [4.69, 9.17) is 20.9 Å². The van der Waals surface area contributed by atoms with Crippen molar-refractivity contribution in [2.24, 2.45) is 0 Å². The number of ether oxygens (including phenoxy) is 1. The molecule has 3 aromatic carbocycles. The first kappa shape index (κ1) is 26.1. The van der Waals surface area contributed by atoms with Crippen molar-refractivity contribution >= 4 is 52.3 Å². The van der Waals surface area contributed by atoms with E-state index in [9.17, 15) is 13.4 Å². The Morgan fingerprint density at radius 3 is 2.59 bits per heavy atom. The molecule has 7 nitrogen and oxygen atoms in total. The molecule has 0 aliphatic rings. The van der Waals surface area contributed by atoms with E-state index in [0.29, 0.717) is 23.1 Å². The molecule has 1 aromatic heterocycles. The number of allylic oxidation sites excluding steroid dienone is 1. The normalized spacial score (nSPS) is 11.9. The summed E-state index contributed by atoms with van der Waals surface area (Å²) in [5.74, 6) is -0.858. The van der Waals surface area contributed by atoms with Gasteiger partial charge in [-0.2, -0.15) is 0 Å². The lowest BCUT2D eigenvalue weighted by Crippen LogP contribution is -2.18. The van der Waals surface area contributed by atoms with Gasteiger partial charge in [0.2, 0.25) is 6.41 Å². The molecule has 190 valence electrons. The monoisotopic (exact) mass is 543 g/mol. The van der Waals surface area contributed by atoms with Crippen LogP contribution in [0, 0.1) is 11.6 Å². The third-order valence-corrected chi connectivity index (χ3v) is 6.71. The number of aromatic nitrogens is 1. The summed E-state index contributed by atoms with van der Waals surface area (Å²) in [4.78, 5) is 13.3. The van der Waals surface area contributed by atoms with Crippen LogP contribution in [-0.2, 0) is 15.8 Å². The zero-order chi connectivity index (χ0) is 26.5.